The molecule has 3 aromatic heterocycles. The Labute approximate surface area is 216 Å². The van der Waals surface area contributed by atoms with Crippen LogP contribution in [0.15, 0.2) is 95.7 Å². The number of hydrogen-bond acceptors (Lipinski definition) is 6. The number of fused-ring (bicyclic) bond motifs is 1. The Balaban J connectivity index is 1.26. The maximum atomic E-state index is 5.61. The molecule has 1 aliphatic heterocycles. The molecule has 0 aliphatic carbocycles. The average molecular weight is 491 g/mol. The molecular weight excluding hydrogens is 460 g/mol. The second-order valence-corrected chi connectivity index (χ2v) is 9.47. The summed E-state index contributed by atoms with van der Waals surface area (Å²) in [7, 11) is 2.05. The lowest BCUT2D eigenvalue weighted by Crippen LogP contribution is -2.29. The fourth-order valence-corrected chi connectivity index (χ4v) is 4.84. The van der Waals surface area contributed by atoms with Crippen LogP contribution in [0, 0.1) is 0 Å². The Morgan fingerprint density at radius 2 is 1.78 bits per heavy atom. The summed E-state index contributed by atoms with van der Waals surface area (Å²) in [6.07, 6.45) is 7.90. The van der Waals surface area contributed by atoms with E-state index in [1.165, 1.54) is 16.7 Å². The van der Waals surface area contributed by atoms with E-state index >= 15 is 0 Å². The maximum absolute atomic E-state index is 5.61. The fourth-order valence-electron chi connectivity index (χ4n) is 4.84. The minimum Gasteiger partial charge on any atom is -0.461 e. The third kappa shape index (κ3) is 5.04. The molecule has 37 heavy (non-hydrogen) atoms. The normalized spacial score (nSPS) is 14.1. The van der Waals surface area contributed by atoms with Crippen molar-refractivity contribution < 1.29 is 4.42 Å². The van der Waals surface area contributed by atoms with Gasteiger partial charge in [0.25, 0.3) is 0 Å². The van der Waals surface area contributed by atoms with E-state index in [1.54, 1.807) is 6.26 Å². The monoisotopic (exact) mass is 490 g/mol. The number of nitrogens with zero attached hydrogens (tertiary/aromatic N) is 6. The molecule has 0 saturated carbocycles. The molecule has 1 aliphatic rings. The summed E-state index contributed by atoms with van der Waals surface area (Å²) in [5.74, 6) is 1.99. The number of furan rings is 1. The van der Waals surface area contributed by atoms with Gasteiger partial charge in [0.2, 0.25) is 11.8 Å². The molecular formula is C30H30N6O. The topological polar surface area (TPSA) is 62.7 Å². The standard InChI is InChI=1S/C30H30N6O/c1-34(17-14-23-9-4-2-5-10-23)30-31-21-26(29-32-28(33-36(29)30)27-13-8-20-37-27)22-35-18-15-25(16-19-35)24-11-6-3-7-12-24/h2-13,15,20-21H,14,16-19,22H2,1H3. The third-order valence-electron chi connectivity index (χ3n) is 6.91. The Bertz CT molecular complexity index is 1490. The van der Waals surface area contributed by atoms with Crippen LogP contribution >= 0.6 is 0 Å². The predicted molar refractivity (Wildman–Crippen MR) is 146 cm³/mol. The van der Waals surface area contributed by atoms with Crippen LogP contribution in [0.4, 0.5) is 5.95 Å². The molecule has 0 saturated heterocycles. The summed E-state index contributed by atoms with van der Waals surface area (Å²) in [6.45, 7) is 3.47. The van der Waals surface area contributed by atoms with Gasteiger partial charge in [-0.05, 0) is 41.7 Å². The van der Waals surface area contributed by atoms with Crippen molar-refractivity contribution in [3.8, 4) is 11.6 Å². The van der Waals surface area contributed by atoms with Gasteiger partial charge in [-0.15, -0.1) is 5.10 Å². The Hall–Kier alpha value is -4.23. The van der Waals surface area contributed by atoms with Gasteiger partial charge in [-0.3, -0.25) is 4.90 Å². The van der Waals surface area contributed by atoms with E-state index in [-0.39, 0.29) is 0 Å². The third-order valence-corrected chi connectivity index (χ3v) is 6.91. The molecule has 0 bridgehead atoms. The van der Waals surface area contributed by atoms with Crippen molar-refractivity contribution in [1.82, 2.24) is 24.5 Å². The van der Waals surface area contributed by atoms with Gasteiger partial charge in [0, 0.05) is 45.0 Å². The highest BCUT2D eigenvalue weighted by atomic mass is 16.3. The fraction of sp³-hybridized carbons (Fsp3) is 0.233. The summed E-state index contributed by atoms with van der Waals surface area (Å²) >= 11 is 0. The van der Waals surface area contributed by atoms with E-state index in [2.05, 4.69) is 77.5 Å². The first-order chi connectivity index (χ1) is 18.2. The van der Waals surface area contributed by atoms with Crippen molar-refractivity contribution in [1.29, 1.82) is 0 Å². The number of aromatic nitrogens is 4. The number of benzene rings is 2. The Kier molecular flexibility index (Phi) is 6.52. The zero-order valence-electron chi connectivity index (χ0n) is 21.0. The molecule has 4 heterocycles. The summed E-state index contributed by atoms with van der Waals surface area (Å²) in [4.78, 5) is 14.3. The lowest BCUT2D eigenvalue weighted by molar-refractivity contribution is 0.294. The van der Waals surface area contributed by atoms with Crippen molar-refractivity contribution in [3.63, 3.8) is 0 Å². The van der Waals surface area contributed by atoms with E-state index in [1.807, 2.05) is 28.9 Å². The van der Waals surface area contributed by atoms with Gasteiger partial charge in [0.05, 0.1) is 6.26 Å². The van der Waals surface area contributed by atoms with Crippen LogP contribution in [0.25, 0.3) is 22.8 Å². The molecule has 0 unspecified atom stereocenters. The molecule has 2 aromatic carbocycles. The van der Waals surface area contributed by atoms with E-state index in [4.69, 9.17) is 19.5 Å². The zero-order chi connectivity index (χ0) is 25.0. The van der Waals surface area contributed by atoms with E-state index < -0.39 is 0 Å². The highest BCUT2D eigenvalue weighted by molar-refractivity contribution is 5.66. The lowest BCUT2D eigenvalue weighted by Gasteiger charge is -2.27. The summed E-state index contributed by atoms with van der Waals surface area (Å²) < 4.78 is 7.48. The molecule has 0 radical (unpaired) electrons. The summed E-state index contributed by atoms with van der Waals surface area (Å²) in [5.41, 5.74) is 5.90. The van der Waals surface area contributed by atoms with Crippen LogP contribution in [0.1, 0.15) is 23.1 Å². The molecule has 0 fully saturated rings. The molecule has 186 valence electrons. The van der Waals surface area contributed by atoms with E-state index in [0.29, 0.717) is 11.6 Å². The molecule has 7 nitrogen and oxygen atoms in total. The van der Waals surface area contributed by atoms with Gasteiger partial charge in [0.1, 0.15) is 0 Å². The van der Waals surface area contributed by atoms with E-state index in [0.717, 1.165) is 56.2 Å². The van der Waals surface area contributed by atoms with Gasteiger partial charge in [-0.1, -0.05) is 66.7 Å². The van der Waals surface area contributed by atoms with Gasteiger partial charge >= 0.3 is 0 Å². The lowest BCUT2D eigenvalue weighted by atomic mass is 9.99. The molecule has 0 spiro atoms. The quantitative estimate of drug-likeness (QED) is 0.292. The highest BCUT2D eigenvalue weighted by Crippen LogP contribution is 2.26. The smallest absolute Gasteiger partial charge is 0.228 e. The van der Waals surface area contributed by atoms with Crippen molar-refractivity contribution in [2.24, 2.45) is 0 Å². The van der Waals surface area contributed by atoms with Crippen molar-refractivity contribution >= 4 is 17.2 Å². The zero-order valence-corrected chi connectivity index (χ0v) is 21.0. The molecule has 0 N–H and O–H groups in total. The summed E-state index contributed by atoms with van der Waals surface area (Å²) in [5, 5.41) is 4.81. The number of anilines is 1. The molecule has 6 rings (SSSR count). The van der Waals surface area contributed by atoms with Crippen molar-refractivity contribution in [2.45, 2.75) is 19.4 Å². The average Bonchev–Trinajstić information content (AvgIpc) is 3.64. The first-order valence-electron chi connectivity index (χ1n) is 12.7. The van der Waals surface area contributed by atoms with Crippen molar-refractivity contribution in [2.75, 3.05) is 31.6 Å². The predicted octanol–water partition coefficient (Wildman–Crippen LogP) is 5.35. The van der Waals surface area contributed by atoms with Crippen LogP contribution in [0.5, 0.6) is 0 Å². The Morgan fingerprint density at radius 1 is 0.973 bits per heavy atom. The number of hydrogen-bond donors (Lipinski definition) is 0. The van der Waals surface area contributed by atoms with Crippen LogP contribution in [0.2, 0.25) is 0 Å². The van der Waals surface area contributed by atoms with Gasteiger partial charge in [0.15, 0.2) is 11.4 Å². The maximum Gasteiger partial charge on any atom is 0.228 e. The SMILES string of the molecule is CN(CCc1ccccc1)c1ncc(CN2CC=C(c3ccccc3)CC2)c2nc(-c3ccco3)nn12. The highest BCUT2D eigenvalue weighted by Gasteiger charge is 2.20. The first kappa shape index (κ1) is 23.2. The number of rotatable bonds is 8. The molecule has 0 amide bonds. The van der Waals surface area contributed by atoms with Gasteiger partial charge in [-0.25, -0.2) is 9.97 Å². The molecule has 5 aromatic rings. The van der Waals surface area contributed by atoms with Crippen LogP contribution < -0.4 is 4.90 Å². The second-order valence-electron chi connectivity index (χ2n) is 9.47. The van der Waals surface area contributed by atoms with Gasteiger partial charge < -0.3 is 9.32 Å². The molecule has 7 heteroatoms. The van der Waals surface area contributed by atoms with Crippen LogP contribution in [-0.4, -0.2) is 51.2 Å². The summed E-state index contributed by atoms with van der Waals surface area (Å²) in [6, 6.07) is 24.9. The van der Waals surface area contributed by atoms with E-state index in [9.17, 15) is 0 Å². The number of likely N-dealkylation sites (N-methyl/N-ethyl adjacent to an activating group) is 1. The van der Waals surface area contributed by atoms with Crippen molar-refractivity contribution in [3.05, 3.63) is 108 Å². The minimum absolute atomic E-state index is 0.571. The minimum atomic E-state index is 0.571. The Morgan fingerprint density at radius 3 is 2.51 bits per heavy atom. The van der Waals surface area contributed by atoms with Crippen LogP contribution in [-0.2, 0) is 13.0 Å². The van der Waals surface area contributed by atoms with Gasteiger partial charge in [-0.2, -0.15) is 4.52 Å². The second kappa shape index (κ2) is 10.4. The first-order valence-corrected chi connectivity index (χ1v) is 12.7. The molecule has 0 atom stereocenters. The largest absolute Gasteiger partial charge is 0.461 e. The van der Waals surface area contributed by atoms with Crippen LogP contribution in [0.3, 0.4) is 0 Å².